The normalized spacial score (nSPS) is 13.9. The zero-order valence-electron chi connectivity index (χ0n) is 8.14. The maximum Gasteiger partial charge on any atom is 0.212 e. The molecule has 0 aliphatic heterocycles. The average molecular weight is 215 g/mol. The van der Waals surface area contributed by atoms with Crippen molar-refractivity contribution in [2.24, 2.45) is 5.14 Å². The summed E-state index contributed by atoms with van der Waals surface area (Å²) in [6.45, 7) is 3.37. The molecule has 0 saturated heterocycles. The fourth-order valence-corrected chi connectivity index (χ4v) is 1.35. The second-order valence-corrected chi connectivity index (χ2v) is 5.25. The highest BCUT2D eigenvalue weighted by Gasteiger charge is 2.16. The molecule has 0 fully saturated rings. The van der Waals surface area contributed by atoms with Gasteiger partial charge < -0.3 is 0 Å². The fourth-order valence-electron chi connectivity index (χ4n) is 0.946. The molecule has 1 aromatic heterocycles. The number of nitrogens with zero attached hydrogens (tertiary/aromatic N) is 2. The highest BCUT2D eigenvalue weighted by molar-refractivity contribution is 7.89. The number of hydrogen-bond acceptors (Lipinski definition) is 4. The molecule has 1 heterocycles. The Morgan fingerprint density at radius 1 is 1.43 bits per heavy atom. The lowest BCUT2D eigenvalue weighted by Gasteiger charge is -2.07. The molecule has 0 saturated carbocycles. The number of primary sulfonamides is 1. The molecule has 0 bridgehead atoms. The van der Waals surface area contributed by atoms with Crippen molar-refractivity contribution in [3.63, 3.8) is 0 Å². The molecule has 6 heteroatoms. The van der Waals surface area contributed by atoms with Gasteiger partial charge in [-0.3, -0.25) is 0 Å². The van der Waals surface area contributed by atoms with Crippen LogP contribution >= 0.6 is 0 Å². The third-order valence-electron chi connectivity index (χ3n) is 1.91. The second kappa shape index (κ2) is 4.02. The molecule has 0 spiro atoms. The number of aromatic nitrogens is 2. The molecule has 78 valence electrons. The molecular weight excluding hydrogens is 202 g/mol. The van der Waals surface area contributed by atoms with Gasteiger partial charge in [-0.25, -0.2) is 13.6 Å². The average Bonchev–Trinajstić information content (AvgIpc) is 2.07. The van der Waals surface area contributed by atoms with Gasteiger partial charge >= 0.3 is 0 Å². The molecule has 1 atom stereocenters. The Hall–Kier alpha value is -1.01. The zero-order chi connectivity index (χ0) is 10.8. The predicted molar refractivity (Wildman–Crippen MR) is 53.0 cm³/mol. The Balaban J connectivity index is 2.75. The lowest BCUT2D eigenvalue weighted by atomic mass is 10.2. The SMILES string of the molecule is Cc1ccc(CC(C)S(N)(=O)=O)nn1. The summed E-state index contributed by atoms with van der Waals surface area (Å²) in [7, 11) is -3.48. The quantitative estimate of drug-likeness (QED) is 0.769. The number of hydrogen-bond donors (Lipinski definition) is 1. The van der Waals surface area contributed by atoms with Crippen LogP contribution in [0.3, 0.4) is 0 Å². The standard InChI is InChI=1S/C8H13N3O2S/c1-6-3-4-8(11-10-6)5-7(2)14(9,12)13/h3-4,7H,5H2,1-2H3,(H2,9,12,13). The molecule has 2 N–H and O–H groups in total. The molecule has 1 rings (SSSR count). The fraction of sp³-hybridized carbons (Fsp3) is 0.500. The number of nitrogens with two attached hydrogens (primary N) is 1. The second-order valence-electron chi connectivity index (χ2n) is 3.27. The van der Waals surface area contributed by atoms with Crippen molar-refractivity contribution in [1.29, 1.82) is 0 Å². The minimum absolute atomic E-state index is 0.298. The van der Waals surface area contributed by atoms with E-state index in [0.717, 1.165) is 5.69 Å². The third-order valence-corrected chi connectivity index (χ3v) is 3.20. The van der Waals surface area contributed by atoms with E-state index in [4.69, 9.17) is 5.14 Å². The predicted octanol–water partition coefficient (Wildman–Crippen LogP) is 0.00452. The molecule has 1 aromatic rings. The summed E-state index contributed by atoms with van der Waals surface area (Å²) in [5, 5.41) is 12.0. The minimum atomic E-state index is -3.48. The maximum atomic E-state index is 10.9. The Bertz CT molecular complexity index is 399. The summed E-state index contributed by atoms with van der Waals surface area (Å²) in [5.74, 6) is 0. The van der Waals surface area contributed by atoms with Crippen molar-refractivity contribution in [2.45, 2.75) is 25.5 Å². The Morgan fingerprint density at radius 2 is 2.07 bits per heavy atom. The van der Waals surface area contributed by atoms with Gasteiger partial charge in [0, 0.05) is 6.42 Å². The maximum absolute atomic E-state index is 10.9. The lowest BCUT2D eigenvalue weighted by molar-refractivity contribution is 0.583. The number of sulfonamides is 1. The monoisotopic (exact) mass is 215 g/mol. The molecule has 14 heavy (non-hydrogen) atoms. The first-order valence-corrected chi connectivity index (χ1v) is 5.81. The first kappa shape index (κ1) is 11.1. The topological polar surface area (TPSA) is 85.9 Å². The molecule has 0 aliphatic rings. The van der Waals surface area contributed by atoms with E-state index >= 15 is 0 Å². The van der Waals surface area contributed by atoms with E-state index < -0.39 is 15.3 Å². The van der Waals surface area contributed by atoms with E-state index in [1.165, 1.54) is 0 Å². The smallest absolute Gasteiger partial charge is 0.212 e. The summed E-state index contributed by atoms with van der Waals surface area (Å²) < 4.78 is 21.9. The van der Waals surface area contributed by atoms with E-state index in [-0.39, 0.29) is 0 Å². The van der Waals surface area contributed by atoms with Crippen LogP contribution in [-0.4, -0.2) is 23.9 Å². The Labute approximate surface area is 83.4 Å². The van der Waals surface area contributed by atoms with Crippen LogP contribution in [-0.2, 0) is 16.4 Å². The van der Waals surface area contributed by atoms with E-state index in [9.17, 15) is 8.42 Å². The first-order chi connectivity index (χ1) is 6.39. The van der Waals surface area contributed by atoms with Crippen LogP contribution in [0.15, 0.2) is 12.1 Å². The summed E-state index contributed by atoms with van der Waals surface area (Å²) >= 11 is 0. The number of rotatable bonds is 3. The summed E-state index contributed by atoms with van der Waals surface area (Å²) in [4.78, 5) is 0. The van der Waals surface area contributed by atoms with Crippen LogP contribution in [0.2, 0.25) is 0 Å². The molecule has 0 aliphatic carbocycles. The summed E-state index contributed by atoms with van der Waals surface area (Å²) in [6.07, 6.45) is 0.298. The van der Waals surface area contributed by atoms with Crippen molar-refractivity contribution in [3.05, 3.63) is 23.5 Å². The highest BCUT2D eigenvalue weighted by Crippen LogP contribution is 2.04. The van der Waals surface area contributed by atoms with Crippen LogP contribution in [0.4, 0.5) is 0 Å². The van der Waals surface area contributed by atoms with Gasteiger partial charge in [-0.2, -0.15) is 10.2 Å². The lowest BCUT2D eigenvalue weighted by Crippen LogP contribution is -2.28. The molecule has 0 aromatic carbocycles. The largest absolute Gasteiger partial charge is 0.228 e. The van der Waals surface area contributed by atoms with Crippen LogP contribution in [0.25, 0.3) is 0 Å². The van der Waals surface area contributed by atoms with Crippen LogP contribution < -0.4 is 5.14 Å². The van der Waals surface area contributed by atoms with Crippen molar-refractivity contribution in [1.82, 2.24) is 10.2 Å². The van der Waals surface area contributed by atoms with Crippen LogP contribution in [0.5, 0.6) is 0 Å². The van der Waals surface area contributed by atoms with Gasteiger partial charge in [-0.15, -0.1) is 0 Å². The van der Waals surface area contributed by atoms with Crippen molar-refractivity contribution in [2.75, 3.05) is 0 Å². The van der Waals surface area contributed by atoms with Crippen molar-refractivity contribution >= 4 is 10.0 Å². The molecule has 0 amide bonds. The third kappa shape index (κ3) is 3.04. The zero-order valence-corrected chi connectivity index (χ0v) is 8.95. The van der Waals surface area contributed by atoms with Gasteiger partial charge in [0.05, 0.1) is 16.6 Å². The van der Waals surface area contributed by atoms with Gasteiger partial charge in [0.15, 0.2) is 0 Å². The summed E-state index contributed by atoms with van der Waals surface area (Å²) in [5.41, 5.74) is 1.44. The van der Waals surface area contributed by atoms with Crippen LogP contribution in [0, 0.1) is 6.92 Å². The minimum Gasteiger partial charge on any atom is -0.228 e. The molecule has 1 unspecified atom stereocenters. The Kier molecular flexibility index (Phi) is 3.17. The van der Waals surface area contributed by atoms with E-state index in [0.29, 0.717) is 12.1 Å². The van der Waals surface area contributed by atoms with Gasteiger partial charge in [-0.05, 0) is 26.0 Å². The molecule has 0 radical (unpaired) electrons. The van der Waals surface area contributed by atoms with Gasteiger partial charge in [0.25, 0.3) is 0 Å². The highest BCUT2D eigenvalue weighted by atomic mass is 32.2. The first-order valence-electron chi connectivity index (χ1n) is 4.20. The van der Waals surface area contributed by atoms with Crippen molar-refractivity contribution < 1.29 is 8.42 Å². The van der Waals surface area contributed by atoms with Crippen LogP contribution in [0.1, 0.15) is 18.3 Å². The molecule has 5 nitrogen and oxygen atoms in total. The van der Waals surface area contributed by atoms with E-state index in [1.807, 2.05) is 6.92 Å². The summed E-state index contributed by atoms with van der Waals surface area (Å²) in [6, 6.07) is 3.54. The van der Waals surface area contributed by atoms with Crippen molar-refractivity contribution in [3.8, 4) is 0 Å². The van der Waals surface area contributed by atoms with Gasteiger partial charge in [-0.1, -0.05) is 0 Å². The van der Waals surface area contributed by atoms with Gasteiger partial charge in [0.2, 0.25) is 10.0 Å². The molecular formula is C8H13N3O2S. The Morgan fingerprint density at radius 3 is 2.50 bits per heavy atom. The number of aryl methyl sites for hydroxylation is 1. The van der Waals surface area contributed by atoms with E-state index in [1.54, 1.807) is 19.1 Å². The van der Waals surface area contributed by atoms with E-state index in [2.05, 4.69) is 10.2 Å². The van der Waals surface area contributed by atoms with Gasteiger partial charge in [0.1, 0.15) is 0 Å².